The lowest BCUT2D eigenvalue weighted by Gasteiger charge is -2.09. The minimum Gasteiger partial charge on any atom is -0.396 e. The van der Waals surface area contributed by atoms with E-state index in [0.717, 1.165) is 24.3 Å². The molecule has 0 saturated carbocycles. The highest BCUT2D eigenvalue weighted by Gasteiger charge is 2.09. The number of hydrogen-bond acceptors (Lipinski definition) is 3. The molecular weight excluding hydrogens is 238 g/mol. The normalized spacial score (nSPS) is 12.6. The molecule has 2 aromatic rings. The van der Waals surface area contributed by atoms with Crippen molar-refractivity contribution in [3.05, 3.63) is 42.1 Å². The third kappa shape index (κ3) is 3.66. The zero-order chi connectivity index (χ0) is 13.7. The van der Waals surface area contributed by atoms with Gasteiger partial charge >= 0.3 is 0 Å². The summed E-state index contributed by atoms with van der Waals surface area (Å²) < 4.78 is 1.84. The average Bonchev–Trinajstić information content (AvgIpc) is 2.80. The highest BCUT2D eigenvalue weighted by Crippen LogP contribution is 2.21. The predicted octanol–water partition coefficient (Wildman–Crippen LogP) is 1.81. The number of hydrogen-bond donors (Lipinski definition) is 2. The summed E-state index contributed by atoms with van der Waals surface area (Å²) in [5.41, 5.74) is 3.33. The van der Waals surface area contributed by atoms with Crippen LogP contribution in [0, 0.1) is 5.92 Å². The van der Waals surface area contributed by atoms with Gasteiger partial charge in [0.2, 0.25) is 0 Å². The minimum atomic E-state index is 0.214. The number of aromatic nitrogens is 2. The van der Waals surface area contributed by atoms with E-state index in [2.05, 4.69) is 22.5 Å². The lowest BCUT2D eigenvalue weighted by Crippen LogP contribution is -2.22. The summed E-state index contributed by atoms with van der Waals surface area (Å²) in [6.45, 7) is 3.81. The Hall–Kier alpha value is -1.65. The van der Waals surface area contributed by atoms with Crippen molar-refractivity contribution in [1.29, 1.82) is 0 Å². The van der Waals surface area contributed by atoms with Gasteiger partial charge in [-0.3, -0.25) is 4.68 Å². The van der Waals surface area contributed by atoms with Crippen molar-refractivity contribution in [2.75, 3.05) is 13.2 Å². The number of aryl methyl sites for hydroxylation is 1. The van der Waals surface area contributed by atoms with Gasteiger partial charge in [0.1, 0.15) is 0 Å². The summed E-state index contributed by atoms with van der Waals surface area (Å²) in [5, 5.41) is 16.9. The Morgan fingerprint density at radius 2 is 2.05 bits per heavy atom. The number of benzene rings is 1. The zero-order valence-electron chi connectivity index (χ0n) is 11.5. The van der Waals surface area contributed by atoms with Crippen LogP contribution in [-0.2, 0) is 13.6 Å². The molecule has 0 radical (unpaired) electrons. The molecule has 1 heterocycles. The van der Waals surface area contributed by atoms with E-state index < -0.39 is 0 Å². The van der Waals surface area contributed by atoms with Crippen LogP contribution in [0.25, 0.3) is 11.3 Å². The summed E-state index contributed by atoms with van der Waals surface area (Å²) in [4.78, 5) is 0. The Labute approximate surface area is 114 Å². The molecule has 1 aromatic carbocycles. The third-order valence-corrected chi connectivity index (χ3v) is 3.07. The first-order chi connectivity index (χ1) is 9.20. The van der Waals surface area contributed by atoms with Gasteiger partial charge in [-0.25, -0.2) is 0 Å². The molecule has 0 spiro atoms. The Balaban J connectivity index is 2.09. The second-order valence-electron chi connectivity index (χ2n) is 4.96. The molecule has 1 aromatic heterocycles. The fourth-order valence-electron chi connectivity index (χ4n) is 2.02. The second kappa shape index (κ2) is 6.50. The summed E-state index contributed by atoms with van der Waals surface area (Å²) in [5.74, 6) is 0.275. The van der Waals surface area contributed by atoms with Gasteiger partial charge in [0.15, 0.2) is 0 Å². The van der Waals surface area contributed by atoms with E-state index in [1.54, 1.807) is 0 Å². The number of rotatable bonds is 6. The van der Waals surface area contributed by atoms with Gasteiger partial charge < -0.3 is 10.4 Å². The maximum Gasteiger partial charge on any atom is 0.0967 e. The summed E-state index contributed by atoms with van der Waals surface area (Å²) in [6, 6.07) is 10.2. The molecule has 2 N–H and O–H groups in total. The fourth-order valence-corrected chi connectivity index (χ4v) is 2.02. The average molecular weight is 259 g/mol. The van der Waals surface area contributed by atoms with E-state index in [1.807, 2.05) is 43.0 Å². The summed E-state index contributed by atoms with van der Waals surface area (Å²) >= 11 is 0. The molecule has 0 saturated heterocycles. The Morgan fingerprint density at radius 1 is 1.32 bits per heavy atom. The van der Waals surface area contributed by atoms with Crippen LogP contribution in [-0.4, -0.2) is 28.0 Å². The zero-order valence-corrected chi connectivity index (χ0v) is 11.5. The first kappa shape index (κ1) is 13.8. The smallest absolute Gasteiger partial charge is 0.0967 e. The maximum absolute atomic E-state index is 9.01. The second-order valence-corrected chi connectivity index (χ2v) is 4.96. The van der Waals surface area contributed by atoms with Crippen molar-refractivity contribution in [1.82, 2.24) is 15.1 Å². The summed E-state index contributed by atoms with van der Waals surface area (Å²) in [6.07, 6.45) is 2.04. The van der Waals surface area contributed by atoms with Gasteiger partial charge in [0.25, 0.3) is 0 Å². The van der Waals surface area contributed by atoms with Gasteiger partial charge in [-0.1, -0.05) is 37.3 Å². The molecule has 0 aliphatic carbocycles. The number of nitrogens with one attached hydrogen (secondary N) is 1. The number of aliphatic hydroxyl groups excluding tert-OH is 1. The molecule has 0 amide bonds. The lowest BCUT2D eigenvalue weighted by atomic mass is 10.1. The van der Waals surface area contributed by atoms with Crippen LogP contribution in [0.3, 0.4) is 0 Å². The monoisotopic (exact) mass is 259 g/mol. The van der Waals surface area contributed by atoms with Crippen LogP contribution in [0.5, 0.6) is 0 Å². The topological polar surface area (TPSA) is 50.1 Å². The van der Waals surface area contributed by atoms with Crippen molar-refractivity contribution in [2.45, 2.75) is 13.5 Å². The molecule has 0 fully saturated rings. The molecular formula is C15H21N3O. The Bertz CT molecular complexity index is 507. The predicted molar refractivity (Wildman–Crippen MR) is 76.6 cm³/mol. The summed E-state index contributed by atoms with van der Waals surface area (Å²) in [7, 11) is 1.94. The Kier molecular flexibility index (Phi) is 4.71. The van der Waals surface area contributed by atoms with Crippen molar-refractivity contribution in [3.63, 3.8) is 0 Å². The SMILES string of the molecule is CC(CO)CNCc1cn(C)nc1-c1ccccc1. The van der Waals surface area contributed by atoms with Gasteiger partial charge in [-0.15, -0.1) is 0 Å². The van der Waals surface area contributed by atoms with E-state index in [0.29, 0.717) is 0 Å². The standard InChI is InChI=1S/C15H21N3O/c1-12(11-19)8-16-9-14-10-18(2)17-15(14)13-6-4-3-5-7-13/h3-7,10,12,16,19H,8-9,11H2,1-2H3. The third-order valence-electron chi connectivity index (χ3n) is 3.07. The molecule has 4 nitrogen and oxygen atoms in total. The highest BCUT2D eigenvalue weighted by molar-refractivity contribution is 5.62. The number of aliphatic hydroxyl groups is 1. The van der Waals surface area contributed by atoms with Gasteiger partial charge in [0.05, 0.1) is 5.69 Å². The van der Waals surface area contributed by atoms with Crippen molar-refractivity contribution < 1.29 is 5.11 Å². The van der Waals surface area contributed by atoms with Crippen LogP contribution in [0.1, 0.15) is 12.5 Å². The van der Waals surface area contributed by atoms with E-state index in [1.165, 1.54) is 5.56 Å². The van der Waals surface area contributed by atoms with Gasteiger partial charge in [0, 0.05) is 44.1 Å². The molecule has 1 atom stereocenters. The van der Waals surface area contributed by atoms with Gasteiger partial charge in [-0.05, 0) is 5.92 Å². The Morgan fingerprint density at radius 3 is 2.74 bits per heavy atom. The molecule has 4 heteroatoms. The highest BCUT2D eigenvalue weighted by atomic mass is 16.3. The van der Waals surface area contributed by atoms with E-state index in [4.69, 9.17) is 5.11 Å². The molecule has 19 heavy (non-hydrogen) atoms. The van der Waals surface area contributed by atoms with E-state index in [9.17, 15) is 0 Å². The molecule has 2 rings (SSSR count). The van der Waals surface area contributed by atoms with Gasteiger partial charge in [-0.2, -0.15) is 5.10 Å². The molecule has 102 valence electrons. The maximum atomic E-state index is 9.01. The number of nitrogens with zero attached hydrogens (tertiary/aromatic N) is 2. The molecule has 0 aliphatic rings. The van der Waals surface area contributed by atoms with Crippen LogP contribution >= 0.6 is 0 Å². The van der Waals surface area contributed by atoms with E-state index >= 15 is 0 Å². The largest absolute Gasteiger partial charge is 0.396 e. The van der Waals surface area contributed by atoms with Crippen LogP contribution in [0.4, 0.5) is 0 Å². The minimum absolute atomic E-state index is 0.214. The fraction of sp³-hybridized carbons (Fsp3) is 0.400. The van der Waals surface area contributed by atoms with E-state index in [-0.39, 0.29) is 12.5 Å². The van der Waals surface area contributed by atoms with Crippen LogP contribution in [0.2, 0.25) is 0 Å². The molecule has 0 bridgehead atoms. The molecule has 1 unspecified atom stereocenters. The van der Waals surface area contributed by atoms with Crippen molar-refractivity contribution >= 4 is 0 Å². The molecule has 0 aliphatic heterocycles. The first-order valence-electron chi connectivity index (χ1n) is 6.60. The van der Waals surface area contributed by atoms with Crippen LogP contribution < -0.4 is 5.32 Å². The van der Waals surface area contributed by atoms with Crippen molar-refractivity contribution in [3.8, 4) is 11.3 Å². The first-order valence-corrected chi connectivity index (χ1v) is 6.60. The van der Waals surface area contributed by atoms with Crippen LogP contribution in [0.15, 0.2) is 36.5 Å². The quantitative estimate of drug-likeness (QED) is 0.832. The van der Waals surface area contributed by atoms with Crippen molar-refractivity contribution in [2.24, 2.45) is 13.0 Å². The lowest BCUT2D eigenvalue weighted by molar-refractivity contribution is 0.233.